The van der Waals surface area contributed by atoms with Gasteiger partial charge in [0.25, 0.3) is 6.43 Å². The average molecular weight is 329 g/mol. The van der Waals surface area contributed by atoms with E-state index in [1.807, 2.05) is 0 Å². The van der Waals surface area contributed by atoms with Crippen LogP contribution in [0.2, 0.25) is 0 Å². The number of nitrogens with zero attached hydrogens (tertiary/aromatic N) is 1. The summed E-state index contributed by atoms with van der Waals surface area (Å²) in [5.41, 5.74) is -0.344. The van der Waals surface area contributed by atoms with E-state index in [0.29, 0.717) is 0 Å². The van der Waals surface area contributed by atoms with Gasteiger partial charge < -0.3 is 4.74 Å². The normalized spacial score (nSPS) is 10.7. The van der Waals surface area contributed by atoms with Crippen molar-refractivity contribution in [1.82, 2.24) is 4.98 Å². The van der Waals surface area contributed by atoms with Crippen molar-refractivity contribution in [1.29, 1.82) is 0 Å². The van der Waals surface area contributed by atoms with Crippen LogP contribution in [0, 0.1) is 0 Å². The number of hydrogen-bond acceptors (Lipinski definition) is 3. The van der Waals surface area contributed by atoms with Crippen LogP contribution < -0.4 is 0 Å². The number of ether oxygens (including phenoxy) is 1. The molecule has 0 amide bonds. The topological polar surface area (TPSA) is 39.2 Å². The summed E-state index contributed by atoms with van der Waals surface area (Å²) < 4.78 is 30.3. The van der Waals surface area contributed by atoms with E-state index >= 15 is 0 Å². The monoisotopic (exact) mass is 327 g/mol. The minimum Gasteiger partial charge on any atom is -0.462 e. The Kier molecular flexibility index (Phi) is 5.27. The largest absolute Gasteiger partial charge is 0.462 e. The molecule has 0 saturated carbocycles. The van der Waals surface area contributed by atoms with Crippen LogP contribution in [0.5, 0.6) is 0 Å². The smallest absolute Gasteiger partial charge is 0.340 e. The zero-order chi connectivity index (χ0) is 13.0. The van der Waals surface area contributed by atoms with Gasteiger partial charge in [-0.2, -0.15) is 0 Å². The first-order valence-electron chi connectivity index (χ1n) is 4.71. The summed E-state index contributed by atoms with van der Waals surface area (Å²) >= 11 is 8.53. The summed E-state index contributed by atoms with van der Waals surface area (Å²) in [7, 11) is 0. The van der Waals surface area contributed by atoms with E-state index in [4.69, 9.17) is 16.3 Å². The van der Waals surface area contributed by atoms with E-state index in [9.17, 15) is 13.6 Å². The van der Waals surface area contributed by atoms with Crippen LogP contribution in [-0.4, -0.2) is 17.6 Å². The van der Waals surface area contributed by atoms with Gasteiger partial charge >= 0.3 is 5.97 Å². The Balaban J connectivity index is 3.24. The summed E-state index contributed by atoms with van der Waals surface area (Å²) in [5.74, 6) is -0.851. The molecule has 0 N–H and O–H groups in total. The van der Waals surface area contributed by atoms with Gasteiger partial charge in [0.15, 0.2) is 0 Å². The Morgan fingerprint density at radius 2 is 2.29 bits per heavy atom. The van der Waals surface area contributed by atoms with Crippen molar-refractivity contribution in [2.75, 3.05) is 6.61 Å². The highest BCUT2D eigenvalue weighted by Gasteiger charge is 2.21. The molecular weight excluding hydrogens is 319 g/mol. The molecule has 0 aromatic carbocycles. The van der Waals surface area contributed by atoms with E-state index in [1.54, 1.807) is 6.92 Å². The van der Waals surface area contributed by atoms with Gasteiger partial charge in [-0.1, -0.05) is 0 Å². The van der Waals surface area contributed by atoms with Crippen LogP contribution in [0.25, 0.3) is 0 Å². The molecule has 1 aromatic heterocycles. The molecule has 0 radical (unpaired) electrons. The Morgan fingerprint density at radius 3 is 2.76 bits per heavy atom. The lowest BCUT2D eigenvalue weighted by atomic mass is 10.1. The van der Waals surface area contributed by atoms with Gasteiger partial charge in [-0.05, 0) is 28.9 Å². The number of alkyl halides is 3. The van der Waals surface area contributed by atoms with Gasteiger partial charge in [-0.3, -0.25) is 0 Å². The second kappa shape index (κ2) is 6.26. The Labute approximate surface area is 110 Å². The molecule has 1 rings (SSSR count). The maximum Gasteiger partial charge on any atom is 0.340 e. The molecule has 17 heavy (non-hydrogen) atoms. The second-order valence-electron chi connectivity index (χ2n) is 3.02. The molecule has 94 valence electrons. The number of carbonyl (C=O) groups is 1. The molecule has 0 atom stereocenters. The van der Waals surface area contributed by atoms with Crippen molar-refractivity contribution >= 4 is 33.5 Å². The Morgan fingerprint density at radius 1 is 1.65 bits per heavy atom. The predicted octanol–water partition coefficient (Wildman–Crippen LogP) is 3.70. The third-order valence-electron chi connectivity index (χ3n) is 1.95. The maximum absolute atomic E-state index is 12.7. The number of esters is 1. The number of rotatable bonds is 4. The van der Waals surface area contributed by atoms with Gasteiger partial charge in [0.2, 0.25) is 0 Å². The zero-order valence-corrected chi connectivity index (χ0v) is 11.2. The standard InChI is InChI=1S/C10H9BrClF2NO2/c1-2-17-10(16)6-3-5(9(13)14)7(4-12)15-8(6)11/h3,9H,2,4H2,1H3. The molecule has 0 aliphatic heterocycles. The van der Waals surface area contributed by atoms with E-state index in [1.165, 1.54) is 0 Å². The van der Waals surface area contributed by atoms with Crippen molar-refractivity contribution in [3.63, 3.8) is 0 Å². The van der Waals surface area contributed by atoms with Crippen molar-refractivity contribution in [2.45, 2.75) is 19.2 Å². The summed E-state index contributed by atoms with van der Waals surface area (Å²) in [6.07, 6.45) is -2.74. The van der Waals surface area contributed by atoms with Gasteiger partial charge in [-0.15, -0.1) is 11.6 Å². The lowest BCUT2D eigenvalue weighted by molar-refractivity contribution is 0.0524. The number of pyridine rings is 1. The van der Waals surface area contributed by atoms with Gasteiger partial charge in [-0.25, -0.2) is 18.6 Å². The van der Waals surface area contributed by atoms with E-state index < -0.39 is 12.4 Å². The van der Waals surface area contributed by atoms with Crippen molar-refractivity contribution in [2.24, 2.45) is 0 Å². The highest BCUT2D eigenvalue weighted by atomic mass is 79.9. The molecule has 7 heteroatoms. The zero-order valence-electron chi connectivity index (χ0n) is 8.84. The fourth-order valence-electron chi connectivity index (χ4n) is 1.19. The molecule has 0 aliphatic rings. The SMILES string of the molecule is CCOC(=O)c1cc(C(F)F)c(CCl)nc1Br. The number of aromatic nitrogens is 1. The molecule has 0 fully saturated rings. The predicted molar refractivity (Wildman–Crippen MR) is 62.4 cm³/mol. The highest BCUT2D eigenvalue weighted by molar-refractivity contribution is 9.10. The van der Waals surface area contributed by atoms with Crippen LogP contribution in [0.4, 0.5) is 8.78 Å². The van der Waals surface area contributed by atoms with Crippen LogP contribution >= 0.6 is 27.5 Å². The van der Waals surface area contributed by atoms with Crippen LogP contribution in [0.15, 0.2) is 10.7 Å². The minimum absolute atomic E-state index is 0.0315. The molecule has 0 spiro atoms. The third-order valence-corrected chi connectivity index (χ3v) is 2.80. The summed E-state index contributed by atoms with van der Waals surface area (Å²) in [4.78, 5) is 15.3. The van der Waals surface area contributed by atoms with Crippen molar-refractivity contribution in [3.05, 3.63) is 27.5 Å². The van der Waals surface area contributed by atoms with Crippen LogP contribution in [-0.2, 0) is 10.6 Å². The molecule has 0 saturated heterocycles. The highest BCUT2D eigenvalue weighted by Crippen LogP contribution is 2.27. The van der Waals surface area contributed by atoms with Gasteiger partial charge in [0.05, 0.1) is 23.7 Å². The first kappa shape index (κ1) is 14.3. The summed E-state index contributed by atoms with van der Waals surface area (Å²) in [6.45, 7) is 1.78. The average Bonchev–Trinajstić information content (AvgIpc) is 2.28. The minimum atomic E-state index is -2.74. The number of hydrogen-bond donors (Lipinski definition) is 0. The first-order chi connectivity index (χ1) is 8.01. The molecule has 1 heterocycles. The first-order valence-corrected chi connectivity index (χ1v) is 6.04. The summed E-state index contributed by atoms with van der Waals surface area (Å²) in [6, 6.07) is 1.05. The Hall–Kier alpha value is -0.750. The molecule has 3 nitrogen and oxygen atoms in total. The van der Waals surface area contributed by atoms with E-state index in [0.717, 1.165) is 6.07 Å². The molecular formula is C10H9BrClF2NO2. The number of halogens is 4. The van der Waals surface area contributed by atoms with Gasteiger partial charge in [0, 0.05) is 5.56 Å². The van der Waals surface area contributed by atoms with Gasteiger partial charge in [0.1, 0.15) is 4.60 Å². The summed E-state index contributed by atoms with van der Waals surface area (Å²) in [5, 5.41) is 0. The third kappa shape index (κ3) is 3.35. The van der Waals surface area contributed by atoms with Crippen molar-refractivity contribution < 1.29 is 18.3 Å². The fraction of sp³-hybridized carbons (Fsp3) is 0.400. The van der Waals surface area contributed by atoms with Crippen molar-refractivity contribution in [3.8, 4) is 0 Å². The van der Waals surface area contributed by atoms with Crippen LogP contribution in [0.3, 0.4) is 0 Å². The molecule has 0 unspecified atom stereocenters. The quantitative estimate of drug-likeness (QED) is 0.481. The maximum atomic E-state index is 12.7. The lowest BCUT2D eigenvalue weighted by Gasteiger charge is -2.10. The molecule has 0 bridgehead atoms. The molecule has 0 aliphatic carbocycles. The Bertz CT molecular complexity index is 429. The van der Waals surface area contributed by atoms with E-state index in [2.05, 4.69) is 20.9 Å². The second-order valence-corrected chi connectivity index (χ2v) is 4.04. The fourth-order valence-corrected chi connectivity index (χ4v) is 1.89. The van der Waals surface area contributed by atoms with E-state index in [-0.39, 0.29) is 33.9 Å². The lowest BCUT2D eigenvalue weighted by Crippen LogP contribution is -2.09. The molecule has 1 aromatic rings. The number of carbonyl (C=O) groups excluding carboxylic acids is 1. The van der Waals surface area contributed by atoms with Crippen LogP contribution in [0.1, 0.15) is 35.0 Å².